The van der Waals surface area contributed by atoms with Gasteiger partial charge >= 0.3 is 5.97 Å². The lowest BCUT2D eigenvalue weighted by Crippen LogP contribution is -2.54. The highest BCUT2D eigenvalue weighted by Crippen LogP contribution is 2.25. The molecule has 104 valence electrons. The summed E-state index contributed by atoms with van der Waals surface area (Å²) in [7, 11) is 0. The second-order valence-electron chi connectivity index (χ2n) is 5.54. The molecule has 1 aliphatic rings. The van der Waals surface area contributed by atoms with E-state index < -0.39 is 11.5 Å². The second-order valence-corrected chi connectivity index (χ2v) is 5.54. The van der Waals surface area contributed by atoms with Crippen LogP contribution in [0, 0.1) is 5.92 Å². The van der Waals surface area contributed by atoms with Gasteiger partial charge in [0.25, 0.3) is 0 Å². The Morgan fingerprint density at radius 3 is 2.67 bits per heavy atom. The molecular formula is C13H24N2O3. The van der Waals surface area contributed by atoms with Crippen LogP contribution >= 0.6 is 0 Å². The number of aliphatic carboxylic acids is 1. The maximum Gasteiger partial charge on any atom is 0.306 e. The summed E-state index contributed by atoms with van der Waals surface area (Å²) in [6.07, 6.45) is 4.39. The normalized spacial score (nSPS) is 27.3. The van der Waals surface area contributed by atoms with Crippen LogP contribution in [0.3, 0.4) is 0 Å². The molecule has 5 heteroatoms. The van der Waals surface area contributed by atoms with E-state index in [1.807, 2.05) is 6.92 Å². The van der Waals surface area contributed by atoms with Crippen molar-refractivity contribution in [1.82, 2.24) is 5.32 Å². The molecule has 0 aliphatic heterocycles. The number of carbonyl (C=O) groups is 2. The predicted octanol–water partition coefficient (Wildman–Crippen LogP) is 1.26. The fourth-order valence-corrected chi connectivity index (χ4v) is 2.53. The fourth-order valence-electron chi connectivity index (χ4n) is 2.53. The first kappa shape index (κ1) is 15.0. The number of amides is 1. The third-order valence-electron chi connectivity index (χ3n) is 3.65. The SMILES string of the molecule is CCCC(C)(N)C(=O)NC1CCCC(C(=O)O)C1. The lowest BCUT2D eigenvalue weighted by Gasteiger charge is -2.31. The van der Waals surface area contributed by atoms with E-state index >= 15 is 0 Å². The molecule has 3 unspecified atom stereocenters. The Morgan fingerprint density at radius 1 is 1.44 bits per heavy atom. The molecule has 0 saturated heterocycles. The van der Waals surface area contributed by atoms with Gasteiger partial charge < -0.3 is 16.2 Å². The summed E-state index contributed by atoms with van der Waals surface area (Å²) < 4.78 is 0. The molecule has 0 aromatic rings. The van der Waals surface area contributed by atoms with E-state index in [2.05, 4.69) is 5.32 Å². The van der Waals surface area contributed by atoms with Crippen molar-refractivity contribution in [3.8, 4) is 0 Å². The summed E-state index contributed by atoms with van der Waals surface area (Å²) in [6, 6.07) is -0.0490. The van der Waals surface area contributed by atoms with Gasteiger partial charge in [-0.05, 0) is 32.6 Å². The summed E-state index contributed by atoms with van der Waals surface area (Å²) in [5.74, 6) is -1.27. The van der Waals surface area contributed by atoms with E-state index in [-0.39, 0.29) is 17.9 Å². The summed E-state index contributed by atoms with van der Waals surface area (Å²) in [6.45, 7) is 3.71. The van der Waals surface area contributed by atoms with Gasteiger partial charge in [-0.15, -0.1) is 0 Å². The topological polar surface area (TPSA) is 92.4 Å². The summed E-state index contributed by atoms with van der Waals surface area (Å²) in [5, 5.41) is 11.9. The Hall–Kier alpha value is -1.10. The summed E-state index contributed by atoms with van der Waals surface area (Å²) >= 11 is 0. The van der Waals surface area contributed by atoms with E-state index in [9.17, 15) is 9.59 Å². The molecule has 0 aromatic carbocycles. The Kier molecular flexibility index (Phi) is 5.14. The minimum Gasteiger partial charge on any atom is -0.481 e. The summed E-state index contributed by atoms with van der Waals surface area (Å²) in [5.41, 5.74) is 5.10. The van der Waals surface area contributed by atoms with Crippen LogP contribution in [0.5, 0.6) is 0 Å². The largest absolute Gasteiger partial charge is 0.481 e. The average molecular weight is 256 g/mol. The van der Waals surface area contributed by atoms with Crippen molar-refractivity contribution in [2.24, 2.45) is 11.7 Å². The number of nitrogens with one attached hydrogen (secondary N) is 1. The average Bonchev–Trinajstić information content (AvgIpc) is 2.29. The molecule has 3 atom stereocenters. The lowest BCUT2D eigenvalue weighted by atomic mass is 9.85. The molecule has 0 heterocycles. The van der Waals surface area contributed by atoms with Crippen molar-refractivity contribution in [3.63, 3.8) is 0 Å². The summed E-state index contributed by atoms with van der Waals surface area (Å²) in [4.78, 5) is 23.0. The molecule has 0 radical (unpaired) electrons. The highest BCUT2D eigenvalue weighted by Gasteiger charge is 2.32. The smallest absolute Gasteiger partial charge is 0.306 e. The molecule has 1 saturated carbocycles. The minimum absolute atomic E-state index is 0.0490. The second kappa shape index (κ2) is 6.18. The highest BCUT2D eigenvalue weighted by molar-refractivity contribution is 5.85. The third kappa shape index (κ3) is 3.98. The number of carboxylic acids is 1. The first-order valence-electron chi connectivity index (χ1n) is 6.69. The van der Waals surface area contributed by atoms with Crippen molar-refractivity contribution < 1.29 is 14.7 Å². The predicted molar refractivity (Wildman–Crippen MR) is 69.0 cm³/mol. The van der Waals surface area contributed by atoms with Crippen LogP contribution < -0.4 is 11.1 Å². The van der Waals surface area contributed by atoms with Gasteiger partial charge in [-0.3, -0.25) is 9.59 Å². The van der Waals surface area contributed by atoms with E-state index in [1.54, 1.807) is 6.92 Å². The first-order valence-corrected chi connectivity index (χ1v) is 6.69. The molecule has 0 aromatic heterocycles. The molecule has 0 bridgehead atoms. The van der Waals surface area contributed by atoms with Gasteiger partial charge in [0.1, 0.15) is 0 Å². The van der Waals surface area contributed by atoms with E-state index in [4.69, 9.17) is 10.8 Å². The zero-order chi connectivity index (χ0) is 13.8. The van der Waals surface area contributed by atoms with Crippen LogP contribution in [0.4, 0.5) is 0 Å². The maximum absolute atomic E-state index is 12.0. The number of carbonyl (C=O) groups excluding carboxylic acids is 1. The van der Waals surface area contributed by atoms with Gasteiger partial charge in [-0.2, -0.15) is 0 Å². The molecule has 1 rings (SSSR count). The fraction of sp³-hybridized carbons (Fsp3) is 0.846. The molecule has 1 aliphatic carbocycles. The Labute approximate surface area is 108 Å². The monoisotopic (exact) mass is 256 g/mol. The van der Waals surface area contributed by atoms with Crippen molar-refractivity contribution in [2.45, 2.75) is 64.0 Å². The van der Waals surface area contributed by atoms with Crippen molar-refractivity contribution in [3.05, 3.63) is 0 Å². The molecule has 5 nitrogen and oxygen atoms in total. The number of hydrogen-bond donors (Lipinski definition) is 3. The number of nitrogens with two attached hydrogens (primary N) is 1. The minimum atomic E-state index is -0.856. The van der Waals surface area contributed by atoms with Crippen LogP contribution in [-0.2, 0) is 9.59 Å². The first-order chi connectivity index (χ1) is 8.36. The zero-order valence-electron chi connectivity index (χ0n) is 11.2. The molecule has 1 amide bonds. The van der Waals surface area contributed by atoms with Gasteiger partial charge in [-0.1, -0.05) is 19.8 Å². The Morgan fingerprint density at radius 2 is 2.11 bits per heavy atom. The quantitative estimate of drug-likeness (QED) is 0.690. The van der Waals surface area contributed by atoms with E-state index in [1.165, 1.54) is 0 Å². The standard InChI is InChI=1S/C13H24N2O3/c1-3-7-13(2,14)12(18)15-10-6-4-5-9(8-10)11(16)17/h9-10H,3-8,14H2,1-2H3,(H,15,18)(H,16,17). The number of rotatable bonds is 5. The van der Waals surface area contributed by atoms with Crippen LogP contribution in [0.2, 0.25) is 0 Å². The van der Waals surface area contributed by atoms with Gasteiger partial charge in [0, 0.05) is 6.04 Å². The maximum atomic E-state index is 12.0. The highest BCUT2D eigenvalue weighted by atomic mass is 16.4. The van der Waals surface area contributed by atoms with E-state index in [0.717, 1.165) is 19.3 Å². The van der Waals surface area contributed by atoms with Gasteiger partial charge in [-0.25, -0.2) is 0 Å². The number of carboxylic acid groups (broad SMARTS) is 1. The van der Waals surface area contributed by atoms with Gasteiger partial charge in [0.2, 0.25) is 5.91 Å². The Bertz CT molecular complexity index is 315. The molecule has 18 heavy (non-hydrogen) atoms. The lowest BCUT2D eigenvalue weighted by molar-refractivity contribution is -0.143. The van der Waals surface area contributed by atoms with Crippen molar-refractivity contribution in [2.75, 3.05) is 0 Å². The van der Waals surface area contributed by atoms with Crippen LogP contribution in [0.15, 0.2) is 0 Å². The third-order valence-corrected chi connectivity index (χ3v) is 3.65. The number of hydrogen-bond acceptors (Lipinski definition) is 3. The van der Waals surface area contributed by atoms with E-state index in [0.29, 0.717) is 19.3 Å². The molecular weight excluding hydrogens is 232 g/mol. The molecule has 4 N–H and O–H groups in total. The zero-order valence-corrected chi connectivity index (χ0v) is 11.2. The van der Waals surface area contributed by atoms with Crippen LogP contribution in [0.25, 0.3) is 0 Å². The Balaban J connectivity index is 2.51. The van der Waals surface area contributed by atoms with Crippen LogP contribution in [-0.4, -0.2) is 28.6 Å². The molecule has 1 fully saturated rings. The van der Waals surface area contributed by atoms with Crippen molar-refractivity contribution in [1.29, 1.82) is 0 Å². The van der Waals surface area contributed by atoms with Crippen LogP contribution in [0.1, 0.15) is 52.4 Å². The van der Waals surface area contributed by atoms with Crippen molar-refractivity contribution >= 4 is 11.9 Å². The molecule has 0 spiro atoms. The van der Waals surface area contributed by atoms with Gasteiger partial charge in [0.05, 0.1) is 11.5 Å². The van der Waals surface area contributed by atoms with Gasteiger partial charge in [0.15, 0.2) is 0 Å².